The van der Waals surface area contributed by atoms with E-state index in [0.29, 0.717) is 0 Å². The van der Waals surface area contributed by atoms with Gasteiger partial charge in [0.05, 0.1) is 0 Å². The maximum absolute atomic E-state index is 4.25. The van der Waals surface area contributed by atoms with Crippen LogP contribution < -0.4 is 0 Å². The molecule has 12 heavy (non-hydrogen) atoms. The van der Waals surface area contributed by atoms with Gasteiger partial charge in [0.25, 0.3) is 0 Å². The molecule has 0 rings (SSSR count). The Balaban J connectivity index is 0. The van der Waals surface area contributed by atoms with Gasteiger partial charge in [-0.25, -0.2) is 0 Å². The van der Waals surface area contributed by atoms with Crippen molar-refractivity contribution in [1.29, 1.82) is 0 Å². The van der Waals surface area contributed by atoms with Crippen LogP contribution in [-0.4, -0.2) is 14.2 Å². The Hall–Kier alpha value is -0.820. The van der Waals surface area contributed by atoms with Crippen molar-refractivity contribution in [2.75, 3.05) is 14.2 Å². The van der Waals surface area contributed by atoms with Gasteiger partial charge in [0.15, 0.2) is 0 Å². The van der Waals surface area contributed by atoms with Crippen molar-refractivity contribution in [2.24, 2.45) is 0 Å². The first-order valence-corrected chi connectivity index (χ1v) is 3.99. The highest BCUT2D eigenvalue weighted by Gasteiger charge is 1.79. The molecule has 0 aliphatic rings. The molecule has 0 aliphatic heterocycles. The van der Waals surface area contributed by atoms with Gasteiger partial charge in [-0.1, -0.05) is 43.4 Å². The normalized spacial score (nSPS) is 9.00. The minimum Gasteiger partial charge on any atom is -0.388 e. The van der Waals surface area contributed by atoms with E-state index in [1.54, 1.807) is 14.2 Å². The fourth-order valence-electron chi connectivity index (χ4n) is 0.378. The predicted molar refractivity (Wildman–Crippen MR) is 56.3 cm³/mol. The lowest BCUT2D eigenvalue weighted by atomic mass is 10.2. The average molecular weight is 168 g/mol. The van der Waals surface area contributed by atoms with Crippen LogP contribution in [0.2, 0.25) is 0 Å². The summed E-state index contributed by atoms with van der Waals surface area (Å²) in [5, 5.41) is 0. The molecule has 0 bridgehead atoms. The zero-order valence-corrected chi connectivity index (χ0v) is 8.68. The number of rotatable bonds is 3. The lowest BCUT2D eigenvalue weighted by Crippen LogP contribution is -1.69. The van der Waals surface area contributed by atoms with Crippen LogP contribution in [-0.2, 0) is 4.74 Å². The van der Waals surface area contributed by atoms with Gasteiger partial charge in [-0.15, -0.1) is 0 Å². The Morgan fingerprint density at radius 1 is 1.25 bits per heavy atom. The first kappa shape index (κ1) is 13.7. The molecule has 0 saturated carbocycles. The number of hydrogen-bond acceptors (Lipinski definition) is 1. The van der Waals surface area contributed by atoms with Gasteiger partial charge >= 0.3 is 0 Å². The van der Waals surface area contributed by atoms with E-state index >= 15 is 0 Å². The summed E-state index contributed by atoms with van der Waals surface area (Å²) in [6.45, 7) is 11.6. The Bertz CT molecular complexity index is 154. The highest BCUT2D eigenvalue weighted by molar-refractivity contribution is 5.22. The maximum atomic E-state index is 4.25. The number of methoxy groups -OCH3 is 1. The molecule has 1 nitrogen and oxygen atoms in total. The van der Waals surface area contributed by atoms with Crippen LogP contribution >= 0.6 is 0 Å². The molecule has 0 aliphatic carbocycles. The molecule has 0 radical (unpaired) electrons. The van der Waals surface area contributed by atoms with E-state index < -0.39 is 0 Å². The number of hydrogen-bond donors (Lipinski definition) is 0. The van der Waals surface area contributed by atoms with E-state index in [9.17, 15) is 0 Å². The molecule has 1 heteroatoms. The number of ether oxygens (including phenoxy) is 1. The average Bonchev–Trinajstić information content (AvgIpc) is 2.01. The third kappa shape index (κ3) is 16.1. The van der Waals surface area contributed by atoms with Crippen LogP contribution in [0.25, 0.3) is 0 Å². The fourth-order valence-corrected chi connectivity index (χ4v) is 0.378. The Morgan fingerprint density at radius 2 is 1.67 bits per heavy atom. The zero-order valence-electron chi connectivity index (χ0n) is 8.68. The Kier molecular flexibility index (Phi) is 11.7. The molecule has 0 aromatic carbocycles. The highest BCUT2D eigenvalue weighted by Crippen LogP contribution is 2.00. The summed E-state index contributed by atoms with van der Waals surface area (Å²) in [7, 11) is 3.25. The van der Waals surface area contributed by atoms with Gasteiger partial charge in [0.2, 0.25) is 0 Å². The monoisotopic (exact) mass is 168 g/mol. The van der Waals surface area contributed by atoms with Crippen LogP contribution in [0.4, 0.5) is 0 Å². The lowest BCUT2D eigenvalue weighted by molar-refractivity contribution is 0.277. The van der Waals surface area contributed by atoms with Crippen LogP contribution in [0.5, 0.6) is 0 Å². The molecule has 70 valence electrons. The van der Waals surface area contributed by atoms with Crippen molar-refractivity contribution in [3.63, 3.8) is 0 Å². The summed E-state index contributed by atoms with van der Waals surface area (Å²) < 4.78 is 4.25. The maximum Gasteiger partial charge on any atom is 0.0351 e. The fraction of sp³-hybridized carbons (Fsp3) is 0.455. The summed E-state index contributed by atoms with van der Waals surface area (Å²) in [5.41, 5.74) is 2.22. The van der Waals surface area contributed by atoms with E-state index in [1.807, 2.05) is 19.1 Å². The van der Waals surface area contributed by atoms with Gasteiger partial charge in [-0.2, -0.15) is 0 Å². The molecule has 0 unspecified atom stereocenters. The molecular weight excluding hydrogens is 148 g/mol. The molecule has 0 heterocycles. The minimum atomic E-state index is 1.02. The molecule has 0 N–H and O–H groups in total. The van der Waals surface area contributed by atoms with Gasteiger partial charge < -0.3 is 4.74 Å². The van der Waals surface area contributed by atoms with Crippen LogP contribution in [0, 0.1) is 0 Å². The minimum absolute atomic E-state index is 1.02. The molecule has 0 aromatic rings. The van der Waals surface area contributed by atoms with Gasteiger partial charge in [0, 0.05) is 14.2 Å². The van der Waals surface area contributed by atoms with E-state index in [2.05, 4.69) is 24.8 Å². The van der Waals surface area contributed by atoms with E-state index in [1.165, 1.54) is 0 Å². The number of allylic oxidation sites excluding steroid dienone is 4. The molecule has 0 saturated heterocycles. The van der Waals surface area contributed by atoms with Gasteiger partial charge in [-0.05, 0) is 13.3 Å². The van der Waals surface area contributed by atoms with Crippen LogP contribution in [0.3, 0.4) is 0 Å². The van der Waals surface area contributed by atoms with Crippen molar-refractivity contribution in [1.82, 2.24) is 0 Å². The second-order valence-corrected chi connectivity index (χ2v) is 2.60. The van der Waals surface area contributed by atoms with Crippen molar-refractivity contribution >= 4 is 0 Å². The first-order valence-electron chi connectivity index (χ1n) is 3.99. The Labute approximate surface area is 76.4 Å². The standard InChI is InChI=1S/C9H14.C2H6O/c1-5-9(4)7-6-8(2)3;1-3-2/h6-7H,2,4-5H2,1,3H3;1-2H3/b7-6-;. The molecular formula is C11H20O. The van der Waals surface area contributed by atoms with Crippen molar-refractivity contribution < 1.29 is 4.74 Å². The van der Waals surface area contributed by atoms with E-state index in [-0.39, 0.29) is 0 Å². The SMILES string of the molecule is C=C(C)/C=C\C(=C)CC.COC. The Morgan fingerprint density at radius 3 is 1.92 bits per heavy atom. The summed E-state index contributed by atoms with van der Waals surface area (Å²) in [6, 6.07) is 0. The van der Waals surface area contributed by atoms with E-state index in [0.717, 1.165) is 17.6 Å². The molecule has 0 fully saturated rings. The first-order chi connectivity index (χ1) is 5.58. The molecule has 0 aromatic heterocycles. The van der Waals surface area contributed by atoms with Gasteiger partial charge in [-0.3, -0.25) is 0 Å². The van der Waals surface area contributed by atoms with Crippen LogP contribution in [0.15, 0.2) is 36.5 Å². The summed E-state index contributed by atoms with van der Waals surface area (Å²) in [6.07, 6.45) is 5.00. The highest BCUT2D eigenvalue weighted by atomic mass is 16.4. The van der Waals surface area contributed by atoms with Crippen molar-refractivity contribution in [2.45, 2.75) is 20.3 Å². The third-order valence-corrected chi connectivity index (χ3v) is 1.06. The lowest BCUT2D eigenvalue weighted by Gasteiger charge is -1.89. The topological polar surface area (TPSA) is 9.23 Å². The summed E-state index contributed by atoms with van der Waals surface area (Å²) >= 11 is 0. The van der Waals surface area contributed by atoms with Crippen LogP contribution in [0.1, 0.15) is 20.3 Å². The van der Waals surface area contributed by atoms with Crippen molar-refractivity contribution in [3.8, 4) is 0 Å². The molecule has 0 atom stereocenters. The smallest absolute Gasteiger partial charge is 0.0351 e. The van der Waals surface area contributed by atoms with Gasteiger partial charge in [0.1, 0.15) is 0 Å². The largest absolute Gasteiger partial charge is 0.388 e. The molecule has 0 spiro atoms. The zero-order chi connectivity index (χ0) is 9.98. The third-order valence-electron chi connectivity index (χ3n) is 1.06. The van der Waals surface area contributed by atoms with E-state index in [4.69, 9.17) is 0 Å². The summed E-state index contributed by atoms with van der Waals surface area (Å²) in [4.78, 5) is 0. The summed E-state index contributed by atoms with van der Waals surface area (Å²) in [5.74, 6) is 0. The second-order valence-electron chi connectivity index (χ2n) is 2.60. The predicted octanol–water partition coefficient (Wildman–Crippen LogP) is 3.35. The second kappa shape index (κ2) is 10.2. The quantitative estimate of drug-likeness (QED) is 0.587. The van der Waals surface area contributed by atoms with Crippen molar-refractivity contribution in [3.05, 3.63) is 36.5 Å². The molecule has 0 amide bonds.